The molecule has 1 atom stereocenters. The molecule has 6 nitrogen and oxygen atoms in total. The number of nitrogens with one attached hydrogen (secondary N) is 2. The molecule has 0 saturated heterocycles. The van der Waals surface area contributed by atoms with E-state index in [1.807, 2.05) is 0 Å². The van der Waals surface area contributed by atoms with Gasteiger partial charge in [0.05, 0.1) is 28.6 Å². The number of hydrogen-bond acceptors (Lipinski definition) is 6. The number of aliphatic hydroxyl groups excluding tert-OH is 1. The smallest absolute Gasteiger partial charge is 0.394 e. The zero-order chi connectivity index (χ0) is 21.0. The van der Waals surface area contributed by atoms with E-state index in [4.69, 9.17) is 11.6 Å². The molecule has 29 heavy (non-hydrogen) atoms. The fourth-order valence-electron chi connectivity index (χ4n) is 2.44. The molecular weight excluding hydrogens is 407 g/mol. The first-order chi connectivity index (χ1) is 13.8. The van der Waals surface area contributed by atoms with E-state index in [0.29, 0.717) is 11.5 Å². The summed E-state index contributed by atoms with van der Waals surface area (Å²) in [6, 6.07) is 7.88. The van der Waals surface area contributed by atoms with Gasteiger partial charge in [0.15, 0.2) is 0 Å². The first-order valence-electron chi connectivity index (χ1n) is 8.57. The van der Waals surface area contributed by atoms with E-state index in [1.165, 1.54) is 6.07 Å². The zero-order valence-electron chi connectivity index (χ0n) is 15.2. The largest absolute Gasteiger partial charge is 0.416 e. The van der Waals surface area contributed by atoms with E-state index >= 15 is 0 Å². The van der Waals surface area contributed by atoms with Crippen LogP contribution in [0.15, 0.2) is 48.8 Å². The number of aromatic nitrogens is 3. The molecule has 0 radical (unpaired) electrons. The van der Waals surface area contributed by atoms with Gasteiger partial charge in [0.1, 0.15) is 5.82 Å². The van der Waals surface area contributed by atoms with Crippen molar-refractivity contribution in [2.45, 2.75) is 19.1 Å². The number of anilines is 3. The van der Waals surface area contributed by atoms with E-state index in [9.17, 15) is 18.3 Å². The van der Waals surface area contributed by atoms with Crippen molar-refractivity contribution in [2.24, 2.45) is 0 Å². The summed E-state index contributed by atoms with van der Waals surface area (Å²) >= 11 is 6.03. The summed E-state index contributed by atoms with van der Waals surface area (Å²) in [6.45, 7) is 1.62. The summed E-state index contributed by atoms with van der Waals surface area (Å²) in [7, 11) is 0. The number of aliphatic hydroxyl groups is 1. The van der Waals surface area contributed by atoms with Crippen LogP contribution >= 0.6 is 11.6 Å². The van der Waals surface area contributed by atoms with Crippen LogP contribution in [-0.4, -0.2) is 32.7 Å². The fraction of sp³-hybridized carbons (Fsp3) is 0.211. The fourth-order valence-corrected chi connectivity index (χ4v) is 2.67. The van der Waals surface area contributed by atoms with Gasteiger partial charge in [0.25, 0.3) is 0 Å². The number of nitrogens with zero attached hydrogens (tertiary/aromatic N) is 3. The van der Waals surface area contributed by atoms with Crippen LogP contribution in [0.1, 0.15) is 12.5 Å². The van der Waals surface area contributed by atoms with Crippen LogP contribution in [0.4, 0.5) is 30.6 Å². The topological polar surface area (TPSA) is 83.0 Å². The number of pyridine rings is 1. The SMILES string of the molecule is C[C@@H](CO)Nc1nc(Nc2ccc(C(F)(F)F)cc2Cl)cc(-c2ccncc2)n1. The lowest BCUT2D eigenvalue weighted by Gasteiger charge is -2.15. The molecular formula is C19H17ClF3N5O. The highest BCUT2D eigenvalue weighted by Gasteiger charge is 2.30. The molecule has 2 aromatic heterocycles. The Morgan fingerprint density at radius 3 is 2.45 bits per heavy atom. The molecule has 2 heterocycles. The standard InChI is InChI=1S/C19H17ClF3N5O/c1-11(10-29)25-18-27-16(12-4-6-24-7-5-12)9-17(28-18)26-15-3-2-13(8-14(15)20)19(21,22)23/h2-9,11,29H,10H2,1H3,(H2,25,26,27,28)/t11-/m0/s1. The summed E-state index contributed by atoms with van der Waals surface area (Å²) in [5, 5.41) is 15.1. The van der Waals surface area contributed by atoms with Gasteiger partial charge in [0.2, 0.25) is 5.95 Å². The van der Waals surface area contributed by atoms with Crippen LogP contribution in [0, 0.1) is 0 Å². The number of halogens is 4. The lowest BCUT2D eigenvalue weighted by molar-refractivity contribution is -0.137. The van der Waals surface area contributed by atoms with Gasteiger partial charge in [-0.15, -0.1) is 0 Å². The van der Waals surface area contributed by atoms with Crippen LogP contribution < -0.4 is 10.6 Å². The quantitative estimate of drug-likeness (QED) is 0.531. The molecule has 0 aliphatic heterocycles. The third kappa shape index (κ3) is 5.33. The van der Waals surface area contributed by atoms with Gasteiger partial charge in [-0.3, -0.25) is 4.98 Å². The van der Waals surface area contributed by atoms with Gasteiger partial charge in [-0.25, -0.2) is 4.98 Å². The van der Waals surface area contributed by atoms with Crippen molar-refractivity contribution in [3.05, 3.63) is 59.4 Å². The molecule has 3 rings (SSSR count). The zero-order valence-corrected chi connectivity index (χ0v) is 16.0. The maximum Gasteiger partial charge on any atom is 0.416 e. The van der Waals surface area contributed by atoms with E-state index < -0.39 is 11.7 Å². The molecule has 0 unspecified atom stereocenters. The van der Waals surface area contributed by atoms with E-state index in [0.717, 1.165) is 17.7 Å². The second-order valence-electron chi connectivity index (χ2n) is 6.24. The number of rotatable bonds is 6. The van der Waals surface area contributed by atoms with Crippen molar-refractivity contribution in [1.82, 2.24) is 15.0 Å². The number of hydrogen-bond donors (Lipinski definition) is 3. The maximum atomic E-state index is 12.8. The lowest BCUT2D eigenvalue weighted by Crippen LogP contribution is -2.21. The summed E-state index contributed by atoms with van der Waals surface area (Å²) in [6.07, 6.45) is -1.26. The molecule has 1 aromatic carbocycles. The molecule has 10 heteroatoms. The first-order valence-corrected chi connectivity index (χ1v) is 8.94. The molecule has 0 saturated carbocycles. The molecule has 0 aliphatic rings. The predicted molar refractivity (Wildman–Crippen MR) is 105 cm³/mol. The van der Waals surface area contributed by atoms with Crippen molar-refractivity contribution in [1.29, 1.82) is 0 Å². The average molecular weight is 424 g/mol. The predicted octanol–water partition coefficient (Wildman–Crippen LogP) is 4.75. The van der Waals surface area contributed by atoms with Gasteiger partial charge < -0.3 is 15.7 Å². The Balaban J connectivity index is 1.97. The van der Waals surface area contributed by atoms with Gasteiger partial charge in [-0.2, -0.15) is 18.2 Å². The number of alkyl halides is 3. The summed E-state index contributed by atoms with van der Waals surface area (Å²) in [4.78, 5) is 12.7. The second kappa shape index (κ2) is 8.62. The highest BCUT2D eigenvalue weighted by molar-refractivity contribution is 6.33. The summed E-state index contributed by atoms with van der Waals surface area (Å²) in [5.41, 5.74) is 0.747. The third-order valence-electron chi connectivity index (χ3n) is 3.91. The van der Waals surface area contributed by atoms with Crippen LogP contribution in [0.25, 0.3) is 11.3 Å². The molecule has 152 valence electrons. The summed E-state index contributed by atoms with van der Waals surface area (Å²) in [5.74, 6) is 0.563. The van der Waals surface area contributed by atoms with Crippen molar-refractivity contribution < 1.29 is 18.3 Å². The highest BCUT2D eigenvalue weighted by Crippen LogP contribution is 2.35. The Morgan fingerprint density at radius 1 is 1.10 bits per heavy atom. The van der Waals surface area contributed by atoms with Gasteiger partial charge in [-0.1, -0.05) is 11.6 Å². The van der Waals surface area contributed by atoms with E-state index in [-0.39, 0.29) is 29.3 Å². The monoisotopic (exact) mass is 423 g/mol. The van der Waals surface area contributed by atoms with Crippen LogP contribution in [0.3, 0.4) is 0 Å². The maximum absolute atomic E-state index is 12.8. The van der Waals surface area contributed by atoms with Crippen molar-refractivity contribution in [2.75, 3.05) is 17.2 Å². The van der Waals surface area contributed by atoms with Gasteiger partial charge in [0, 0.05) is 30.1 Å². The second-order valence-corrected chi connectivity index (χ2v) is 6.65. The van der Waals surface area contributed by atoms with Crippen molar-refractivity contribution in [3.8, 4) is 11.3 Å². The normalized spacial score (nSPS) is 12.5. The van der Waals surface area contributed by atoms with Gasteiger partial charge in [-0.05, 0) is 37.3 Å². The van der Waals surface area contributed by atoms with E-state index in [2.05, 4.69) is 25.6 Å². The number of benzene rings is 1. The Hall–Kier alpha value is -2.91. The van der Waals surface area contributed by atoms with Gasteiger partial charge >= 0.3 is 6.18 Å². The van der Waals surface area contributed by atoms with Crippen LogP contribution in [0.5, 0.6) is 0 Å². The molecule has 0 bridgehead atoms. The Kier molecular flexibility index (Phi) is 6.19. The molecule has 0 aliphatic carbocycles. The third-order valence-corrected chi connectivity index (χ3v) is 4.22. The molecule has 3 N–H and O–H groups in total. The molecule has 3 aromatic rings. The summed E-state index contributed by atoms with van der Waals surface area (Å²) < 4.78 is 38.5. The van der Waals surface area contributed by atoms with Crippen molar-refractivity contribution in [3.63, 3.8) is 0 Å². The molecule has 0 spiro atoms. The Bertz CT molecular complexity index is 985. The minimum Gasteiger partial charge on any atom is -0.394 e. The Labute approximate surface area is 169 Å². The molecule has 0 fully saturated rings. The van der Waals surface area contributed by atoms with Crippen molar-refractivity contribution >= 4 is 29.1 Å². The van der Waals surface area contributed by atoms with Crippen LogP contribution in [-0.2, 0) is 6.18 Å². The minimum absolute atomic E-state index is 0.0952. The minimum atomic E-state index is -4.48. The Morgan fingerprint density at radius 2 is 1.83 bits per heavy atom. The highest BCUT2D eigenvalue weighted by atomic mass is 35.5. The lowest BCUT2D eigenvalue weighted by atomic mass is 10.2. The average Bonchev–Trinajstić information content (AvgIpc) is 2.69. The van der Waals surface area contributed by atoms with E-state index in [1.54, 1.807) is 37.5 Å². The molecule has 0 amide bonds. The van der Waals surface area contributed by atoms with Crippen LogP contribution in [0.2, 0.25) is 5.02 Å². The first kappa shape index (κ1) is 20.8.